The van der Waals surface area contributed by atoms with E-state index in [9.17, 15) is 0 Å². The molecular weight excluding hydrogens is 234 g/mol. The number of nitrogens with two attached hydrogens (primary N) is 1. The summed E-state index contributed by atoms with van der Waals surface area (Å²) in [4.78, 5) is 0. The maximum absolute atomic E-state index is 5.94. The highest BCUT2D eigenvalue weighted by Crippen LogP contribution is 2.37. The van der Waals surface area contributed by atoms with E-state index in [1.165, 1.54) is 0 Å². The Bertz CT molecular complexity index is 540. The summed E-state index contributed by atoms with van der Waals surface area (Å²) in [5.41, 5.74) is 7.34. The molecule has 2 aromatic rings. The number of anilines is 2. The second-order valence-corrected chi connectivity index (χ2v) is 3.92. The Morgan fingerprint density at radius 3 is 2.72 bits per heavy atom. The van der Waals surface area contributed by atoms with Crippen molar-refractivity contribution in [1.82, 2.24) is 5.16 Å². The van der Waals surface area contributed by atoms with Crippen molar-refractivity contribution in [2.24, 2.45) is 0 Å². The monoisotopic (exact) mass is 247 g/mol. The molecule has 0 unspecified atom stereocenters. The lowest BCUT2D eigenvalue weighted by Crippen LogP contribution is -2.16. The standard InChI is InChI=1S/C12H13N3O3/c13-9-5-11-12(17-4-3-16-11)6-10(9)14-7-8-1-2-15-18-8/h1-2,5-6,14H,3-4,7,13H2. The SMILES string of the molecule is Nc1cc2c(cc1NCc1ccno1)OCCO2. The third-order valence-corrected chi connectivity index (χ3v) is 2.66. The maximum Gasteiger partial charge on any atom is 0.163 e. The van der Waals surface area contributed by atoms with Crippen molar-refractivity contribution >= 4 is 11.4 Å². The summed E-state index contributed by atoms with van der Waals surface area (Å²) < 4.78 is 15.9. The minimum Gasteiger partial charge on any atom is -0.486 e. The molecule has 0 saturated heterocycles. The molecule has 0 fully saturated rings. The van der Waals surface area contributed by atoms with Crippen molar-refractivity contribution in [3.63, 3.8) is 0 Å². The van der Waals surface area contributed by atoms with Gasteiger partial charge in [-0.15, -0.1) is 0 Å². The average molecular weight is 247 g/mol. The van der Waals surface area contributed by atoms with Crippen molar-refractivity contribution in [3.05, 3.63) is 30.2 Å². The molecular formula is C12H13N3O3. The molecule has 0 atom stereocenters. The molecule has 1 aromatic carbocycles. The molecule has 1 aliphatic rings. The van der Waals surface area contributed by atoms with Gasteiger partial charge < -0.3 is 25.0 Å². The normalized spacial score (nSPS) is 13.3. The lowest BCUT2D eigenvalue weighted by atomic mass is 10.2. The zero-order valence-corrected chi connectivity index (χ0v) is 9.68. The second-order valence-electron chi connectivity index (χ2n) is 3.92. The van der Waals surface area contributed by atoms with E-state index in [4.69, 9.17) is 19.7 Å². The third kappa shape index (κ3) is 2.04. The Balaban J connectivity index is 1.79. The van der Waals surface area contributed by atoms with Gasteiger partial charge in [-0.3, -0.25) is 0 Å². The van der Waals surface area contributed by atoms with Crippen LogP contribution in [0.15, 0.2) is 28.9 Å². The van der Waals surface area contributed by atoms with E-state index in [1.54, 1.807) is 18.3 Å². The number of rotatable bonds is 3. The van der Waals surface area contributed by atoms with Crippen molar-refractivity contribution in [3.8, 4) is 11.5 Å². The first kappa shape index (κ1) is 10.8. The molecule has 0 saturated carbocycles. The van der Waals surface area contributed by atoms with E-state index in [0.29, 0.717) is 36.9 Å². The molecule has 0 amide bonds. The van der Waals surface area contributed by atoms with Gasteiger partial charge in [0.2, 0.25) is 0 Å². The van der Waals surface area contributed by atoms with Crippen molar-refractivity contribution in [2.45, 2.75) is 6.54 Å². The number of nitrogen functional groups attached to an aromatic ring is 1. The molecule has 3 N–H and O–H groups in total. The summed E-state index contributed by atoms with van der Waals surface area (Å²) >= 11 is 0. The van der Waals surface area contributed by atoms with Gasteiger partial charge in [0.1, 0.15) is 13.2 Å². The molecule has 3 rings (SSSR count). The Kier molecular flexibility index (Phi) is 2.68. The van der Waals surface area contributed by atoms with Crippen LogP contribution in [0.1, 0.15) is 5.76 Å². The summed E-state index contributed by atoms with van der Waals surface area (Å²) in [6.07, 6.45) is 1.60. The van der Waals surface area contributed by atoms with Crippen LogP contribution >= 0.6 is 0 Å². The number of hydrogen-bond donors (Lipinski definition) is 2. The quantitative estimate of drug-likeness (QED) is 0.802. The van der Waals surface area contributed by atoms with E-state index in [-0.39, 0.29) is 0 Å². The molecule has 2 heterocycles. The third-order valence-electron chi connectivity index (χ3n) is 2.66. The molecule has 0 spiro atoms. The minimum absolute atomic E-state index is 0.518. The van der Waals surface area contributed by atoms with Gasteiger partial charge in [0.05, 0.1) is 24.1 Å². The fraction of sp³-hybridized carbons (Fsp3) is 0.250. The van der Waals surface area contributed by atoms with Gasteiger partial charge in [0, 0.05) is 18.2 Å². The second kappa shape index (κ2) is 4.48. The number of hydrogen-bond acceptors (Lipinski definition) is 6. The summed E-state index contributed by atoms with van der Waals surface area (Å²) in [6.45, 7) is 1.62. The van der Waals surface area contributed by atoms with Crippen molar-refractivity contribution < 1.29 is 14.0 Å². The molecule has 0 aliphatic carbocycles. The summed E-state index contributed by atoms with van der Waals surface area (Å²) in [5.74, 6) is 2.13. The van der Waals surface area contributed by atoms with Crippen LogP contribution in [-0.4, -0.2) is 18.4 Å². The molecule has 6 heteroatoms. The number of nitrogens with zero attached hydrogens (tertiary/aromatic N) is 1. The van der Waals surface area contributed by atoms with Gasteiger partial charge in [-0.2, -0.15) is 0 Å². The Morgan fingerprint density at radius 1 is 1.22 bits per heavy atom. The smallest absolute Gasteiger partial charge is 0.163 e. The van der Waals surface area contributed by atoms with Crippen molar-refractivity contribution in [1.29, 1.82) is 0 Å². The van der Waals surface area contributed by atoms with Crippen LogP contribution in [0.4, 0.5) is 11.4 Å². The topological polar surface area (TPSA) is 82.5 Å². The van der Waals surface area contributed by atoms with Crippen LogP contribution in [0, 0.1) is 0 Å². The highest BCUT2D eigenvalue weighted by molar-refractivity contribution is 5.72. The zero-order valence-electron chi connectivity index (χ0n) is 9.68. The summed E-state index contributed by atoms with van der Waals surface area (Å²) in [5, 5.41) is 6.81. The summed E-state index contributed by atoms with van der Waals surface area (Å²) in [6, 6.07) is 5.39. The van der Waals surface area contributed by atoms with E-state index in [0.717, 1.165) is 11.4 Å². The predicted molar refractivity (Wildman–Crippen MR) is 65.7 cm³/mol. The van der Waals surface area contributed by atoms with Crippen LogP contribution in [0.25, 0.3) is 0 Å². The predicted octanol–water partition coefficient (Wildman–Crippen LogP) is 1.64. The van der Waals surface area contributed by atoms with Gasteiger partial charge >= 0.3 is 0 Å². The molecule has 1 aromatic heterocycles. The maximum atomic E-state index is 5.94. The molecule has 0 radical (unpaired) electrons. The van der Waals surface area contributed by atoms with E-state index < -0.39 is 0 Å². The van der Waals surface area contributed by atoms with Crippen LogP contribution in [0.3, 0.4) is 0 Å². The van der Waals surface area contributed by atoms with Crippen LogP contribution in [0.2, 0.25) is 0 Å². The zero-order chi connectivity index (χ0) is 12.4. The fourth-order valence-corrected chi connectivity index (χ4v) is 1.77. The van der Waals surface area contributed by atoms with Crippen LogP contribution < -0.4 is 20.5 Å². The molecule has 6 nitrogen and oxygen atoms in total. The van der Waals surface area contributed by atoms with Gasteiger partial charge in [-0.1, -0.05) is 5.16 Å². The Labute approximate surface area is 104 Å². The highest BCUT2D eigenvalue weighted by Gasteiger charge is 2.14. The number of benzene rings is 1. The van der Waals surface area contributed by atoms with Gasteiger partial charge in [-0.05, 0) is 0 Å². The number of fused-ring (bicyclic) bond motifs is 1. The van der Waals surface area contributed by atoms with E-state index >= 15 is 0 Å². The fourth-order valence-electron chi connectivity index (χ4n) is 1.77. The van der Waals surface area contributed by atoms with Gasteiger partial charge in [0.15, 0.2) is 17.3 Å². The van der Waals surface area contributed by atoms with Crippen LogP contribution in [-0.2, 0) is 6.54 Å². The van der Waals surface area contributed by atoms with Gasteiger partial charge in [-0.25, -0.2) is 0 Å². The summed E-state index contributed by atoms with van der Waals surface area (Å²) in [7, 11) is 0. The van der Waals surface area contributed by atoms with Crippen LogP contribution in [0.5, 0.6) is 11.5 Å². The largest absolute Gasteiger partial charge is 0.486 e. The van der Waals surface area contributed by atoms with E-state index in [2.05, 4.69) is 10.5 Å². The molecule has 0 bridgehead atoms. The lowest BCUT2D eigenvalue weighted by molar-refractivity contribution is 0.172. The highest BCUT2D eigenvalue weighted by atomic mass is 16.6. The first-order chi connectivity index (χ1) is 8.83. The Hall–Kier alpha value is -2.37. The number of aromatic nitrogens is 1. The minimum atomic E-state index is 0.518. The first-order valence-electron chi connectivity index (χ1n) is 5.65. The van der Waals surface area contributed by atoms with Crippen molar-refractivity contribution in [2.75, 3.05) is 24.3 Å². The molecule has 18 heavy (non-hydrogen) atoms. The first-order valence-corrected chi connectivity index (χ1v) is 5.65. The van der Waals surface area contributed by atoms with E-state index in [1.807, 2.05) is 6.07 Å². The molecule has 94 valence electrons. The number of nitrogens with one attached hydrogen (secondary N) is 1. The number of ether oxygens (including phenoxy) is 2. The lowest BCUT2D eigenvalue weighted by Gasteiger charge is -2.20. The average Bonchev–Trinajstić information content (AvgIpc) is 2.89. The van der Waals surface area contributed by atoms with Gasteiger partial charge in [0.25, 0.3) is 0 Å². The molecule has 1 aliphatic heterocycles. The Morgan fingerprint density at radius 2 is 2.00 bits per heavy atom.